The third-order valence-electron chi connectivity index (χ3n) is 17.6. The molecule has 0 spiro atoms. The molecule has 0 aromatic heterocycles. The largest absolute Gasteiger partial charge is 0.394 e. The van der Waals surface area contributed by atoms with Gasteiger partial charge in [-0.05, 0) is 36.7 Å². The molecule has 102 heavy (non-hydrogen) atoms. The Hall–Kier alpha value is -2.45. The van der Waals surface area contributed by atoms with Gasteiger partial charge in [0.2, 0.25) is 0 Å². The van der Waals surface area contributed by atoms with E-state index in [2.05, 4.69) is 31.9 Å². The summed E-state index contributed by atoms with van der Waals surface area (Å²) in [5.74, 6) is 0. The van der Waals surface area contributed by atoms with Crippen LogP contribution in [0.15, 0.2) is 0 Å². The normalized spacial score (nSPS) is 39.2. The number of rotatable bonds is 37. The fraction of sp³-hybridized carbons (Fsp3) is 0.945. The molecular weight excluding hydrogens is 1440 g/mol. The Labute approximate surface area is 598 Å². The van der Waals surface area contributed by atoms with Crippen LogP contribution < -0.4 is 37.6 Å². The first-order valence-corrected chi connectivity index (χ1v) is 33.7. The van der Waals surface area contributed by atoms with Crippen LogP contribution in [0.4, 0.5) is 0 Å². The number of aliphatic hydroxyl groups is 24. The highest BCUT2D eigenvalue weighted by molar-refractivity contribution is 7.80. The van der Waals surface area contributed by atoms with Gasteiger partial charge < -0.3 is 217 Å². The van der Waals surface area contributed by atoms with Crippen LogP contribution in [0.3, 0.4) is 0 Å². The molecule has 44 nitrogen and oxygen atoms in total. The van der Waals surface area contributed by atoms with E-state index in [0.29, 0.717) is 6.54 Å². The SMILES string of the molecule is NCCNC(=S)NCCN(CCNC(=S)NC(CO[C@H]1O[C@H](CO)[C@@H](O)[C@H](O)[C@@H]1O)(CO[C@H]1O[C@H](CO)[C@@H](O)[C@H](O)[C@@H]1O)CO[C@H]1O[C@H](CO)[C@@H](O)[C@H](O)[C@@H]1O)CCNC(=S)NC(CO[C@H]1O[C@H](CO)[C@@H](O)[C@H](O)[C@@H]1O)(CO[C@H]1O[C@H](CO)[C@@H](O)[C@H](O)[C@@H]1O)CO[C@H]1O[C@H](CO)[C@@H](O)[C@H](O)[C@@H]1O. The second kappa shape index (κ2) is 41.9. The summed E-state index contributed by atoms with van der Waals surface area (Å²) in [5, 5.41) is 271. The molecule has 6 fully saturated rings. The Balaban J connectivity index is 1.28. The van der Waals surface area contributed by atoms with Crippen molar-refractivity contribution < 1.29 is 179 Å². The van der Waals surface area contributed by atoms with E-state index < -0.39 is 275 Å². The molecule has 30 atom stereocenters. The molecule has 6 rings (SSSR count). The highest BCUT2D eigenvalue weighted by atomic mass is 32.1. The van der Waals surface area contributed by atoms with E-state index in [9.17, 15) is 123 Å². The summed E-state index contributed by atoms with van der Waals surface area (Å²) in [6, 6.07) is 0. The monoisotopic (exact) mass is 1550 g/mol. The van der Waals surface area contributed by atoms with Gasteiger partial charge in [-0.2, -0.15) is 0 Å². The van der Waals surface area contributed by atoms with Crippen molar-refractivity contribution in [2.45, 2.75) is 195 Å². The van der Waals surface area contributed by atoms with Crippen LogP contribution in [-0.4, -0.2) is 470 Å². The molecule has 32 N–H and O–H groups in total. The lowest BCUT2D eigenvalue weighted by molar-refractivity contribution is -0.323. The molecule has 0 unspecified atom stereocenters. The standard InChI is InChI=1S/C55H102N8O36S3/c56-1-2-57-51(100)58-3-6-63(7-4-59-52(101)61-54(15-88-45-39(82)33(76)27(70)21(9-64)94-45,16-89-46-40(83)34(77)28(71)22(10-65)95-46)17-90-47-41(84)35(78)29(72)23(11-66)96-47)8-5-60-53(102)62-55(18-91-48-42(85)36(79)30(73)24(12-67)97-48,19-92-49-43(86)37(80)31(74)25(13-68)98-49)20-93-50-44(87)38(81)32(75)26(14-69)99-50/h21-50,64-87H,1-20,56H2,(H2,57,58,100)(H2,59,61,101)(H2,60,62,102)/t21-,22-,23-,24-,25-,26-,27-,28-,29-,30-,31-,32-,33+,34+,35+,36+,37+,38+,39+,40+,41+,42+,43+,44+,45+,46+,47+,48+,49+,50+/m1/s1. The number of hydrogen-bond acceptors (Lipinski definition) is 41. The molecule has 6 aliphatic rings. The molecule has 0 radical (unpaired) electrons. The predicted molar refractivity (Wildman–Crippen MR) is 345 cm³/mol. The number of ether oxygens (including phenoxy) is 12. The van der Waals surface area contributed by atoms with Crippen molar-refractivity contribution in [2.24, 2.45) is 5.73 Å². The quantitative estimate of drug-likeness (QED) is 0.0257. The lowest BCUT2D eigenvalue weighted by Crippen LogP contribution is -2.66. The molecule has 596 valence electrons. The maximum absolute atomic E-state index is 11.0. The number of hydrogen-bond donors (Lipinski definition) is 31. The first-order valence-electron chi connectivity index (χ1n) is 32.5. The zero-order chi connectivity index (χ0) is 75.5. The van der Waals surface area contributed by atoms with Gasteiger partial charge in [-0.1, -0.05) is 0 Å². The zero-order valence-corrected chi connectivity index (χ0v) is 57.3. The second-order valence-electron chi connectivity index (χ2n) is 25.2. The van der Waals surface area contributed by atoms with Crippen LogP contribution in [0.25, 0.3) is 0 Å². The summed E-state index contributed by atoms with van der Waals surface area (Å²) in [6.07, 6.45) is -55.3. The van der Waals surface area contributed by atoms with Crippen LogP contribution >= 0.6 is 36.7 Å². The predicted octanol–water partition coefficient (Wildman–Crippen LogP) is -19.0. The average Bonchev–Trinajstić information content (AvgIpc) is 0.810. The minimum atomic E-state index is -2.10. The van der Waals surface area contributed by atoms with Crippen LogP contribution in [0, 0.1) is 0 Å². The molecule has 47 heteroatoms. The molecule has 6 saturated heterocycles. The molecule has 0 aromatic rings. The van der Waals surface area contributed by atoms with Crippen LogP contribution in [0.5, 0.6) is 0 Å². The lowest BCUT2D eigenvalue weighted by atomic mass is 9.98. The van der Waals surface area contributed by atoms with Crippen molar-refractivity contribution in [2.75, 3.05) is 132 Å². The Morgan fingerprint density at radius 1 is 0.294 bits per heavy atom. The summed E-state index contributed by atoms with van der Waals surface area (Å²) in [5.41, 5.74) is 1.45. The molecule has 0 saturated carbocycles. The van der Waals surface area contributed by atoms with Gasteiger partial charge in [0.15, 0.2) is 53.1 Å². The van der Waals surface area contributed by atoms with Gasteiger partial charge >= 0.3 is 0 Å². The van der Waals surface area contributed by atoms with Crippen molar-refractivity contribution in [1.29, 1.82) is 0 Å². The third kappa shape index (κ3) is 23.3. The van der Waals surface area contributed by atoms with Gasteiger partial charge in [-0.15, -0.1) is 0 Å². The van der Waals surface area contributed by atoms with Crippen LogP contribution in [0.2, 0.25) is 0 Å². The number of aliphatic hydroxyl groups excluding tert-OH is 24. The molecule has 0 aliphatic carbocycles. The van der Waals surface area contributed by atoms with E-state index >= 15 is 0 Å². The topological polar surface area (TPSA) is 698 Å². The first kappa shape index (κ1) is 88.5. The summed E-state index contributed by atoms with van der Waals surface area (Å²) in [4.78, 5) is 1.81. The van der Waals surface area contributed by atoms with Gasteiger partial charge in [0.05, 0.1) is 79.3 Å². The van der Waals surface area contributed by atoms with E-state index in [4.69, 9.17) is 99.2 Å². The minimum Gasteiger partial charge on any atom is -0.394 e. The number of nitrogens with zero attached hydrogens (tertiary/aromatic N) is 1. The van der Waals surface area contributed by atoms with E-state index in [0.717, 1.165) is 0 Å². The fourth-order valence-corrected chi connectivity index (χ4v) is 12.1. The van der Waals surface area contributed by atoms with E-state index in [-0.39, 0.29) is 61.2 Å². The fourth-order valence-electron chi connectivity index (χ4n) is 11.3. The number of thiocarbonyl (C=S) groups is 3. The summed E-state index contributed by atoms with van der Waals surface area (Å²) in [6.45, 7) is -9.73. The maximum Gasteiger partial charge on any atom is 0.186 e. The Morgan fingerprint density at radius 3 is 0.667 bits per heavy atom. The molecule has 0 aromatic carbocycles. The Morgan fingerprint density at radius 2 is 0.480 bits per heavy atom. The van der Waals surface area contributed by atoms with Crippen molar-refractivity contribution in [3.8, 4) is 0 Å². The van der Waals surface area contributed by atoms with Gasteiger partial charge in [-0.3, -0.25) is 4.90 Å². The molecular formula is C55H102N8O36S3. The second-order valence-corrected chi connectivity index (χ2v) is 26.4. The molecule has 0 bridgehead atoms. The highest BCUT2D eigenvalue weighted by Gasteiger charge is 2.53. The van der Waals surface area contributed by atoms with E-state index in [1.165, 1.54) is 0 Å². The van der Waals surface area contributed by atoms with Gasteiger partial charge in [0, 0.05) is 52.4 Å². The Kier molecular flexibility index (Phi) is 36.4. The van der Waals surface area contributed by atoms with Crippen molar-refractivity contribution in [3.05, 3.63) is 0 Å². The number of nitrogens with one attached hydrogen (secondary N) is 6. The summed E-state index contributed by atoms with van der Waals surface area (Å²) < 4.78 is 69.4. The zero-order valence-electron chi connectivity index (χ0n) is 54.8. The van der Waals surface area contributed by atoms with E-state index in [1.807, 2.05) is 4.90 Å². The number of nitrogens with two attached hydrogens (primary N) is 1. The van der Waals surface area contributed by atoms with Crippen LogP contribution in [0.1, 0.15) is 0 Å². The van der Waals surface area contributed by atoms with Crippen molar-refractivity contribution in [1.82, 2.24) is 36.8 Å². The Bertz CT molecular complexity index is 2140. The summed E-state index contributed by atoms with van der Waals surface area (Å²) in [7, 11) is 0. The van der Waals surface area contributed by atoms with Crippen molar-refractivity contribution in [3.63, 3.8) is 0 Å². The summed E-state index contributed by atoms with van der Waals surface area (Å²) >= 11 is 17.0. The molecule has 6 heterocycles. The average molecular weight is 1550 g/mol. The third-order valence-corrected chi connectivity index (χ3v) is 18.3. The van der Waals surface area contributed by atoms with Crippen molar-refractivity contribution >= 4 is 52.0 Å². The maximum atomic E-state index is 11.0. The van der Waals surface area contributed by atoms with E-state index in [1.54, 1.807) is 0 Å². The molecule has 6 aliphatic heterocycles. The smallest absolute Gasteiger partial charge is 0.186 e. The lowest BCUT2D eigenvalue weighted by Gasteiger charge is -2.45. The first-order chi connectivity index (χ1) is 48.4. The minimum absolute atomic E-state index is 0.0439. The highest BCUT2D eigenvalue weighted by Crippen LogP contribution is 2.31. The van der Waals surface area contributed by atoms with Gasteiger partial charge in [-0.25, -0.2) is 0 Å². The van der Waals surface area contributed by atoms with Crippen LogP contribution in [-0.2, 0) is 56.8 Å². The van der Waals surface area contributed by atoms with Gasteiger partial charge in [0.25, 0.3) is 0 Å². The van der Waals surface area contributed by atoms with Gasteiger partial charge in [0.1, 0.15) is 158 Å². The molecule has 0 amide bonds.